The van der Waals surface area contributed by atoms with Gasteiger partial charge in [0.1, 0.15) is 10.9 Å². The summed E-state index contributed by atoms with van der Waals surface area (Å²) in [4.78, 5) is 4.60. The summed E-state index contributed by atoms with van der Waals surface area (Å²) in [5, 5.41) is 13.1. The third-order valence-electron chi connectivity index (χ3n) is 2.58. The van der Waals surface area contributed by atoms with Crippen molar-refractivity contribution in [2.24, 2.45) is 5.92 Å². The minimum absolute atomic E-state index is 0.317. The van der Waals surface area contributed by atoms with Gasteiger partial charge in [0.25, 0.3) is 0 Å². The molecule has 15 heavy (non-hydrogen) atoms. The van der Waals surface area contributed by atoms with Gasteiger partial charge in [-0.25, -0.2) is 4.98 Å². The maximum atomic E-state index is 8.73. The van der Waals surface area contributed by atoms with Crippen LogP contribution in [0, 0.1) is 17.2 Å². The fourth-order valence-corrected chi connectivity index (χ4v) is 2.71. The number of nitrogens with zero attached hydrogens (tertiary/aromatic N) is 2. The number of thiazole rings is 1. The average molecular weight is 242 g/mol. The average Bonchev–Trinajstić information content (AvgIpc) is 2.81. The van der Waals surface area contributed by atoms with Gasteiger partial charge in [-0.1, -0.05) is 36.3 Å². The zero-order valence-corrected chi connectivity index (χ0v) is 10.0. The Balaban J connectivity index is 1.93. The van der Waals surface area contributed by atoms with Crippen LogP contribution in [0.3, 0.4) is 0 Å². The Hall–Kier alpha value is -0.790. The molecule has 0 aliphatic heterocycles. The van der Waals surface area contributed by atoms with E-state index in [0.29, 0.717) is 16.1 Å². The molecular weight excluding hydrogens is 230 g/mol. The Morgan fingerprint density at radius 1 is 1.73 bits per heavy atom. The Kier molecular flexibility index (Phi) is 3.13. The zero-order valence-electron chi connectivity index (χ0n) is 8.46. The molecule has 80 valence electrons. The first-order chi connectivity index (χ1) is 7.24. The molecule has 5 heteroatoms. The molecule has 0 amide bonds. The molecule has 1 N–H and O–H groups in total. The van der Waals surface area contributed by atoms with E-state index >= 15 is 0 Å². The Bertz CT molecular complexity index is 396. The SMILES string of the molecule is CCCC1CC1Nc1nc(Cl)c(C#N)s1. The predicted molar refractivity (Wildman–Crippen MR) is 62.3 cm³/mol. The van der Waals surface area contributed by atoms with Crippen molar-refractivity contribution in [1.82, 2.24) is 4.98 Å². The number of halogens is 1. The first kappa shape index (κ1) is 10.7. The third kappa shape index (κ3) is 2.42. The fraction of sp³-hybridized carbons (Fsp3) is 0.600. The molecule has 2 rings (SSSR count). The van der Waals surface area contributed by atoms with Crippen molar-refractivity contribution in [1.29, 1.82) is 5.26 Å². The molecule has 1 aliphatic carbocycles. The molecule has 2 atom stereocenters. The largest absolute Gasteiger partial charge is 0.358 e. The van der Waals surface area contributed by atoms with Gasteiger partial charge in [-0.05, 0) is 18.8 Å². The van der Waals surface area contributed by atoms with E-state index in [1.54, 1.807) is 0 Å². The summed E-state index contributed by atoms with van der Waals surface area (Å²) in [5.74, 6) is 0.781. The van der Waals surface area contributed by atoms with Gasteiger partial charge in [0.05, 0.1) is 0 Å². The first-order valence-electron chi connectivity index (χ1n) is 5.07. The number of anilines is 1. The number of hydrogen-bond donors (Lipinski definition) is 1. The Morgan fingerprint density at radius 2 is 2.53 bits per heavy atom. The molecule has 0 bridgehead atoms. The van der Waals surface area contributed by atoms with E-state index in [-0.39, 0.29) is 0 Å². The van der Waals surface area contributed by atoms with Gasteiger partial charge in [-0.2, -0.15) is 5.26 Å². The van der Waals surface area contributed by atoms with Gasteiger partial charge in [-0.3, -0.25) is 0 Å². The molecule has 1 heterocycles. The molecule has 2 unspecified atom stereocenters. The minimum atomic E-state index is 0.317. The molecule has 0 aromatic carbocycles. The second-order valence-corrected chi connectivity index (χ2v) is 5.14. The summed E-state index contributed by atoms with van der Waals surface area (Å²) in [6.07, 6.45) is 3.71. The Labute approximate surface area is 98.1 Å². The van der Waals surface area contributed by atoms with Gasteiger partial charge in [-0.15, -0.1) is 0 Å². The second-order valence-electron chi connectivity index (χ2n) is 3.79. The van der Waals surface area contributed by atoms with E-state index in [1.165, 1.54) is 30.6 Å². The highest BCUT2D eigenvalue weighted by Crippen LogP contribution is 2.38. The van der Waals surface area contributed by atoms with Gasteiger partial charge in [0.15, 0.2) is 10.3 Å². The number of rotatable bonds is 4. The molecule has 1 aromatic rings. The first-order valence-corrected chi connectivity index (χ1v) is 6.27. The van der Waals surface area contributed by atoms with E-state index in [4.69, 9.17) is 16.9 Å². The molecule has 0 radical (unpaired) electrons. The lowest BCUT2D eigenvalue weighted by molar-refractivity contribution is 0.692. The monoisotopic (exact) mass is 241 g/mol. The molecule has 1 saturated carbocycles. The van der Waals surface area contributed by atoms with Crippen molar-refractivity contribution in [2.75, 3.05) is 5.32 Å². The van der Waals surface area contributed by atoms with Crippen LogP contribution in [-0.4, -0.2) is 11.0 Å². The van der Waals surface area contributed by atoms with Crippen LogP contribution in [0.4, 0.5) is 5.13 Å². The highest BCUT2D eigenvalue weighted by atomic mass is 35.5. The summed E-state index contributed by atoms with van der Waals surface area (Å²) < 4.78 is 0. The smallest absolute Gasteiger partial charge is 0.185 e. The molecule has 3 nitrogen and oxygen atoms in total. The quantitative estimate of drug-likeness (QED) is 0.880. The lowest BCUT2D eigenvalue weighted by atomic mass is 10.2. The van der Waals surface area contributed by atoms with E-state index in [2.05, 4.69) is 17.2 Å². The van der Waals surface area contributed by atoms with E-state index in [0.717, 1.165) is 11.0 Å². The molecule has 1 fully saturated rings. The van der Waals surface area contributed by atoms with E-state index < -0.39 is 0 Å². The van der Waals surface area contributed by atoms with Crippen LogP contribution in [-0.2, 0) is 0 Å². The molecular formula is C10H12ClN3S. The van der Waals surface area contributed by atoms with Gasteiger partial charge >= 0.3 is 0 Å². The minimum Gasteiger partial charge on any atom is -0.358 e. The maximum absolute atomic E-state index is 8.73. The van der Waals surface area contributed by atoms with Crippen molar-refractivity contribution in [2.45, 2.75) is 32.2 Å². The van der Waals surface area contributed by atoms with Crippen molar-refractivity contribution in [3.8, 4) is 6.07 Å². The summed E-state index contributed by atoms with van der Waals surface area (Å²) in [7, 11) is 0. The van der Waals surface area contributed by atoms with Crippen LogP contribution in [0.15, 0.2) is 0 Å². The van der Waals surface area contributed by atoms with Crippen LogP contribution in [0.5, 0.6) is 0 Å². The normalized spacial score (nSPS) is 23.5. The molecule has 0 saturated heterocycles. The van der Waals surface area contributed by atoms with Crippen molar-refractivity contribution < 1.29 is 0 Å². The standard InChI is InChI=1S/C10H12ClN3S/c1-2-3-6-4-7(6)13-10-14-9(11)8(5-12)15-10/h6-7H,2-4H2,1H3,(H,13,14). The number of nitrogens with one attached hydrogen (secondary N) is 1. The lowest BCUT2D eigenvalue weighted by Gasteiger charge is -1.99. The lowest BCUT2D eigenvalue weighted by Crippen LogP contribution is -2.03. The van der Waals surface area contributed by atoms with Crippen molar-refractivity contribution in [3.63, 3.8) is 0 Å². The number of hydrogen-bond acceptors (Lipinski definition) is 4. The molecule has 0 spiro atoms. The number of aromatic nitrogens is 1. The number of nitriles is 1. The summed E-state index contributed by atoms with van der Waals surface area (Å²) in [6.45, 7) is 2.20. The second kappa shape index (κ2) is 4.38. The van der Waals surface area contributed by atoms with Crippen LogP contribution in [0.1, 0.15) is 31.1 Å². The highest BCUT2D eigenvalue weighted by molar-refractivity contribution is 7.16. The topological polar surface area (TPSA) is 48.7 Å². The zero-order chi connectivity index (χ0) is 10.8. The van der Waals surface area contributed by atoms with E-state index in [1.807, 2.05) is 6.07 Å². The third-order valence-corrected chi connectivity index (χ3v) is 3.86. The van der Waals surface area contributed by atoms with Gasteiger partial charge in [0, 0.05) is 6.04 Å². The summed E-state index contributed by atoms with van der Waals surface area (Å²) in [5.41, 5.74) is 0. The van der Waals surface area contributed by atoms with Crippen LogP contribution in [0.25, 0.3) is 0 Å². The van der Waals surface area contributed by atoms with Gasteiger partial charge < -0.3 is 5.32 Å². The summed E-state index contributed by atoms with van der Waals surface area (Å²) >= 11 is 7.12. The van der Waals surface area contributed by atoms with Crippen LogP contribution in [0.2, 0.25) is 5.15 Å². The van der Waals surface area contributed by atoms with Crippen molar-refractivity contribution >= 4 is 28.1 Å². The maximum Gasteiger partial charge on any atom is 0.185 e. The Morgan fingerprint density at radius 3 is 3.13 bits per heavy atom. The van der Waals surface area contributed by atoms with Crippen LogP contribution < -0.4 is 5.32 Å². The fourth-order valence-electron chi connectivity index (χ4n) is 1.71. The van der Waals surface area contributed by atoms with Crippen LogP contribution >= 0.6 is 22.9 Å². The van der Waals surface area contributed by atoms with Gasteiger partial charge in [0.2, 0.25) is 0 Å². The highest BCUT2D eigenvalue weighted by Gasteiger charge is 2.36. The summed E-state index contributed by atoms with van der Waals surface area (Å²) in [6, 6.07) is 2.57. The predicted octanol–water partition coefficient (Wildman–Crippen LogP) is 3.27. The molecule has 1 aromatic heterocycles. The van der Waals surface area contributed by atoms with E-state index in [9.17, 15) is 0 Å². The molecule has 1 aliphatic rings. The van der Waals surface area contributed by atoms with Crippen molar-refractivity contribution in [3.05, 3.63) is 10.0 Å².